The molecule has 0 aromatic carbocycles. The van der Waals surface area contributed by atoms with E-state index in [0.717, 1.165) is 0 Å². The van der Waals surface area contributed by atoms with Crippen LogP contribution in [-0.4, -0.2) is 69.5 Å². The molecule has 0 saturated heterocycles. The zero-order chi connectivity index (χ0) is 15.4. The van der Waals surface area contributed by atoms with Crippen LogP contribution >= 0.6 is 0 Å². The summed E-state index contributed by atoms with van der Waals surface area (Å²) in [6.45, 7) is 6.23. The van der Waals surface area contributed by atoms with Crippen molar-refractivity contribution in [1.29, 1.82) is 0 Å². The lowest BCUT2D eigenvalue weighted by Gasteiger charge is -2.23. The average molecular weight is 293 g/mol. The van der Waals surface area contributed by atoms with E-state index in [4.69, 9.17) is 29.8 Å². The Balaban J connectivity index is 3.44. The number of hydrogen-bond acceptors (Lipinski definition) is 6. The molecule has 0 aromatic heterocycles. The highest BCUT2D eigenvalue weighted by atomic mass is 16.6. The van der Waals surface area contributed by atoms with Gasteiger partial charge in [0.05, 0.1) is 45.7 Å². The van der Waals surface area contributed by atoms with Gasteiger partial charge in [-0.05, 0) is 13.8 Å². The highest BCUT2D eigenvalue weighted by Gasteiger charge is 2.30. The van der Waals surface area contributed by atoms with E-state index in [1.807, 2.05) is 0 Å². The Kier molecular flexibility index (Phi) is 10.6. The molecule has 0 spiro atoms. The molecule has 7 nitrogen and oxygen atoms in total. The smallest absolute Gasteiger partial charge is 0.323 e. The minimum Gasteiger partial charge on any atom is -0.480 e. The average Bonchev–Trinajstić information content (AvgIpc) is 2.36. The first-order valence-corrected chi connectivity index (χ1v) is 6.68. The Labute approximate surface area is 120 Å². The number of hydrogen-bond donors (Lipinski definition) is 2. The molecule has 0 radical (unpaired) electrons. The van der Waals surface area contributed by atoms with Gasteiger partial charge in [0.15, 0.2) is 0 Å². The molecular formula is C13H27NO6. The Bertz CT molecular complexity index is 259. The summed E-state index contributed by atoms with van der Waals surface area (Å²) in [5.74, 6) is -1.03. The maximum atomic E-state index is 10.9. The number of methoxy groups -OCH3 is 1. The summed E-state index contributed by atoms with van der Waals surface area (Å²) in [6, 6.07) is 0. The summed E-state index contributed by atoms with van der Waals surface area (Å²) in [5.41, 5.74) is 4.36. The minimum atomic E-state index is -1.27. The molecule has 20 heavy (non-hydrogen) atoms. The highest BCUT2D eigenvalue weighted by molar-refractivity contribution is 5.77. The number of rotatable bonds is 13. The van der Waals surface area contributed by atoms with Crippen LogP contribution in [0.1, 0.15) is 20.3 Å². The third-order valence-corrected chi connectivity index (χ3v) is 2.63. The van der Waals surface area contributed by atoms with Crippen LogP contribution in [-0.2, 0) is 23.7 Å². The van der Waals surface area contributed by atoms with Gasteiger partial charge in [0, 0.05) is 13.5 Å². The van der Waals surface area contributed by atoms with Crippen molar-refractivity contribution in [3.8, 4) is 0 Å². The molecule has 0 rings (SSSR count). The largest absolute Gasteiger partial charge is 0.480 e. The first-order chi connectivity index (χ1) is 9.40. The first kappa shape index (κ1) is 19.3. The summed E-state index contributed by atoms with van der Waals surface area (Å²) in [4.78, 5) is 10.9. The summed E-state index contributed by atoms with van der Waals surface area (Å²) in [6.07, 6.45) is 0.0188. The second-order valence-electron chi connectivity index (χ2n) is 4.83. The van der Waals surface area contributed by atoms with Crippen LogP contribution < -0.4 is 5.73 Å². The number of carboxylic acids is 1. The molecule has 0 aromatic rings. The molecule has 7 heteroatoms. The van der Waals surface area contributed by atoms with Gasteiger partial charge in [0.2, 0.25) is 0 Å². The van der Waals surface area contributed by atoms with Gasteiger partial charge in [0.25, 0.3) is 0 Å². The Morgan fingerprint density at radius 1 is 1.15 bits per heavy atom. The molecule has 0 heterocycles. The van der Waals surface area contributed by atoms with Crippen LogP contribution in [0.5, 0.6) is 0 Å². The molecule has 0 aliphatic heterocycles. The zero-order valence-electron chi connectivity index (χ0n) is 12.6. The second kappa shape index (κ2) is 11.0. The van der Waals surface area contributed by atoms with Crippen molar-refractivity contribution in [2.75, 3.05) is 46.8 Å². The SMILES string of the molecule is COCCOCCOCCOC(C)CC(C)(N)C(=O)O. The third-order valence-electron chi connectivity index (χ3n) is 2.63. The topological polar surface area (TPSA) is 100 Å². The Hall–Kier alpha value is -0.730. The highest BCUT2D eigenvalue weighted by Crippen LogP contribution is 2.11. The molecule has 120 valence electrons. The van der Waals surface area contributed by atoms with Crippen molar-refractivity contribution in [1.82, 2.24) is 0 Å². The van der Waals surface area contributed by atoms with E-state index in [0.29, 0.717) is 39.6 Å². The predicted octanol–water partition coefficient (Wildman–Crippen LogP) is 0.263. The van der Waals surface area contributed by atoms with E-state index in [1.165, 1.54) is 6.92 Å². The van der Waals surface area contributed by atoms with Crippen molar-refractivity contribution in [2.45, 2.75) is 31.9 Å². The number of aliphatic carboxylic acids is 1. The molecule has 0 bridgehead atoms. The standard InChI is InChI=1S/C13H27NO6/c1-11(10-13(2,14)12(15)16)20-9-8-19-7-6-18-5-4-17-3/h11H,4-10,14H2,1-3H3,(H,15,16). The fourth-order valence-corrected chi connectivity index (χ4v) is 1.52. The lowest BCUT2D eigenvalue weighted by molar-refractivity contribution is -0.144. The number of carbonyl (C=O) groups is 1. The molecule has 2 atom stereocenters. The van der Waals surface area contributed by atoms with Crippen LogP contribution in [0.15, 0.2) is 0 Å². The Morgan fingerprint density at radius 3 is 2.15 bits per heavy atom. The van der Waals surface area contributed by atoms with Crippen LogP contribution in [0.2, 0.25) is 0 Å². The van der Waals surface area contributed by atoms with Crippen LogP contribution in [0, 0.1) is 0 Å². The zero-order valence-corrected chi connectivity index (χ0v) is 12.6. The normalized spacial score (nSPS) is 15.8. The molecular weight excluding hydrogens is 266 g/mol. The fraction of sp³-hybridized carbons (Fsp3) is 0.923. The molecule has 0 amide bonds. The fourth-order valence-electron chi connectivity index (χ4n) is 1.52. The van der Waals surface area contributed by atoms with Crippen LogP contribution in [0.3, 0.4) is 0 Å². The van der Waals surface area contributed by atoms with Gasteiger partial charge in [0.1, 0.15) is 5.54 Å². The maximum Gasteiger partial charge on any atom is 0.323 e. The summed E-state index contributed by atoms with van der Waals surface area (Å²) in [7, 11) is 1.62. The first-order valence-electron chi connectivity index (χ1n) is 6.68. The van der Waals surface area contributed by atoms with Gasteiger partial charge in [-0.1, -0.05) is 0 Å². The van der Waals surface area contributed by atoms with E-state index in [-0.39, 0.29) is 12.5 Å². The molecule has 0 aliphatic rings. The number of ether oxygens (including phenoxy) is 4. The van der Waals surface area contributed by atoms with Crippen molar-refractivity contribution >= 4 is 5.97 Å². The van der Waals surface area contributed by atoms with E-state index >= 15 is 0 Å². The number of nitrogens with two attached hydrogens (primary N) is 1. The van der Waals surface area contributed by atoms with Gasteiger partial charge >= 0.3 is 5.97 Å². The van der Waals surface area contributed by atoms with Crippen LogP contribution in [0.25, 0.3) is 0 Å². The molecule has 0 saturated carbocycles. The van der Waals surface area contributed by atoms with Gasteiger partial charge in [-0.25, -0.2) is 0 Å². The summed E-state index contributed by atoms with van der Waals surface area (Å²) >= 11 is 0. The van der Waals surface area contributed by atoms with Crippen molar-refractivity contribution in [2.24, 2.45) is 5.73 Å². The van der Waals surface area contributed by atoms with Gasteiger partial charge in [-0.3, -0.25) is 4.79 Å². The monoisotopic (exact) mass is 293 g/mol. The lowest BCUT2D eigenvalue weighted by Crippen LogP contribution is -2.47. The lowest BCUT2D eigenvalue weighted by atomic mass is 9.96. The predicted molar refractivity (Wildman–Crippen MR) is 73.8 cm³/mol. The summed E-state index contributed by atoms with van der Waals surface area (Å²) < 4.78 is 20.8. The second-order valence-corrected chi connectivity index (χ2v) is 4.83. The van der Waals surface area contributed by atoms with E-state index < -0.39 is 11.5 Å². The maximum absolute atomic E-state index is 10.9. The molecule has 0 aliphatic carbocycles. The summed E-state index contributed by atoms with van der Waals surface area (Å²) in [5, 5.41) is 8.89. The Morgan fingerprint density at radius 2 is 1.65 bits per heavy atom. The number of carboxylic acid groups (broad SMARTS) is 1. The third kappa shape index (κ3) is 10.1. The van der Waals surface area contributed by atoms with Crippen LogP contribution in [0.4, 0.5) is 0 Å². The quantitative estimate of drug-likeness (QED) is 0.470. The van der Waals surface area contributed by atoms with Gasteiger partial charge in [-0.2, -0.15) is 0 Å². The van der Waals surface area contributed by atoms with Gasteiger partial charge < -0.3 is 29.8 Å². The van der Waals surface area contributed by atoms with Gasteiger partial charge in [-0.15, -0.1) is 0 Å². The van der Waals surface area contributed by atoms with Crippen molar-refractivity contribution in [3.05, 3.63) is 0 Å². The van der Waals surface area contributed by atoms with E-state index in [1.54, 1.807) is 14.0 Å². The van der Waals surface area contributed by atoms with Crippen molar-refractivity contribution < 1.29 is 28.8 Å². The molecule has 2 unspecified atom stereocenters. The minimum absolute atomic E-state index is 0.234. The molecule has 0 fully saturated rings. The van der Waals surface area contributed by atoms with E-state index in [2.05, 4.69) is 0 Å². The van der Waals surface area contributed by atoms with Crippen molar-refractivity contribution in [3.63, 3.8) is 0 Å². The molecule has 3 N–H and O–H groups in total. The van der Waals surface area contributed by atoms with E-state index in [9.17, 15) is 4.79 Å².